The van der Waals surface area contributed by atoms with Crippen LogP contribution in [0.15, 0.2) is 42.5 Å². The summed E-state index contributed by atoms with van der Waals surface area (Å²) in [6.45, 7) is 2.37. The van der Waals surface area contributed by atoms with Crippen molar-refractivity contribution in [2.75, 3.05) is 13.7 Å². The number of nitro benzene ring substituents is 1. The van der Waals surface area contributed by atoms with E-state index >= 15 is 0 Å². The Kier molecular flexibility index (Phi) is 5.53. The molecule has 2 aromatic rings. The van der Waals surface area contributed by atoms with E-state index in [1.165, 1.54) is 19.2 Å². The van der Waals surface area contributed by atoms with Gasteiger partial charge in [0, 0.05) is 17.7 Å². The molecule has 24 heavy (non-hydrogen) atoms. The van der Waals surface area contributed by atoms with Gasteiger partial charge in [0.15, 0.2) is 11.5 Å². The molecule has 0 aromatic heterocycles. The maximum atomic E-state index is 10.7. The molecule has 0 heterocycles. The summed E-state index contributed by atoms with van der Waals surface area (Å²) in [7, 11) is 1.53. The van der Waals surface area contributed by atoms with Crippen LogP contribution in [0.5, 0.6) is 11.5 Å². The van der Waals surface area contributed by atoms with E-state index in [0.717, 1.165) is 0 Å². The van der Waals surface area contributed by atoms with Gasteiger partial charge in [-0.05, 0) is 36.8 Å². The highest BCUT2D eigenvalue weighted by Gasteiger charge is 2.11. The molecule has 0 atom stereocenters. The number of nitrogens with zero attached hydrogens (tertiary/aromatic N) is 2. The lowest BCUT2D eigenvalue weighted by molar-refractivity contribution is -0.384. The van der Waals surface area contributed by atoms with E-state index in [2.05, 4.69) is 6.07 Å². The van der Waals surface area contributed by atoms with Gasteiger partial charge in [-0.1, -0.05) is 12.1 Å². The second kappa shape index (κ2) is 7.79. The molecule has 0 N–H and O–H groups in total. The number of hydrogen-bond acceptors (Lipinski definition) is 5. The van der Waals surface area contributed by atoms with E-state index in [-0.39, 0.29) is 5.69 Å². The van der Waals surface area contributed by atoms with Crippen LogP contribution in [0.4, 0.5) is 5.69 Å². The van der Waals surface area contributed by atoms with Crippen LogP contribution in [0, 0.1) is 21.4 Å². The zero-order valence-electron chi connectivity index (χ0n) is 13.4. The van der Waals surface area contributed by atoms with Gasteiger partial charge in [0.2, 0.25) is 0 Å². The predicted octanol–water partition coefficient (Wildman–Crippen LogP) is 4.07. The van der Waals surface area contributed by atoms with E-state index in [1.807, 2.05) is 19.1 Å². The largest absolute Gasteiger partial charge is 0.492 e. The van der Waals surface area contributed by atoms with Gasteiger partial charge in [-0.3, -0.25) is 10.1 Å². The molecule has 6 nitrogen and oxygen atoms in total. The van der Waals surface area contributed by atoms with E-state index in [9.17, 15) is 15.4 Å². The summed E-state index contributed by atoms with van der Waals surface area (Å²) in [5, 5.41) is 20.2. The van der Waals surface area contributed by atoms with Gasteiger partial charge in [0.05, 0.1) is 30.3 Å². The normalized spacial score (nSPS) is 10.8. The molecular weight excluding hydrogens is 308 g/mol. The van der Waals surface area contributed by atoms with Gasteiger partial charge in [-0.25, -0.2) is 0 Å². The molecule has 2 rings (SSSR count). The van der Waals surface area contributed by atoms with Crippen molar-refractivity contribution < 1.29 is 14.4 Å². The van der Waals surface area contributed by atoms with Crippen molar-refractivity contribution in [2.24, 2.45) is 0 Å². The lowest BCUT2D eigenvalue weighted by Gasteiger charge is -2.12. The summed E-state index contributed by atoms with van der Waals surface area (Å²) >= 11 is 0. The minimum atomic E-state index is -0.478. The number of hydrogen-bond donors (Lipinski definition) is 0. The number of non-ortho nitro benzene ring substituents is 1. The lowest BCUT2D eigenvalue weighted by atomic mass is 10.0. The van der Waals surface area contributed by atoms with Crippen molar-refractivity contribution in [3.8, 4) is 17.6 Å². The van der Waals surface area contributed by atoms with Crippen LogP contribution in [-0.2, 0) is 0 Å². The van der Waals surface area contributed by atoms with Crippen LogP contribution in [0.25, 0.3) is 11.6 Å². The van der Waals surface area contributed by atoms with Crippen LogP contribution in [0.2, 0.25) is 0 Å². The van der Waals surface area contributed by atoms with Crippen molar-refractivity contribution in [1.29, 1.82) is 5.26 Å². The zero-order valence-corrected chi connectivity index (χ0v) is 13.4. The monoisotopic (exact) mass is 324 g/mol. The van der Waals surface area contributed by atoms with Gasteiger partial charge >= 0.3 is 0 Å². The fourth-order valence-electron chi connectivity index (χ4n) is 2.23. The predicted molar refractivity (Wildman–Crippen MR) is 90.7 cm³/mol. The smallest absolute Gasteiger partial charge is 0.269 e. The molecule has 0 radical (unpaired) electrons. The highest BCUT2D eigenvalue weighted by molar-refractivity contribution is 5.91. The Labute approximate surface area is 139 Å². The van der Waals surface area contributed by atoms with Gasteiger partial charge in [0.25, 0.3) is 5.69 Å². The van der Waals surface area contributed by atoms with Crippen LogP contribution < -0.4 is 9.47 Å². The molecule has 0 amide bonds. The summed E-state index contributed by atoms with van der Waals surface area (Å²) in [5.74, 6) is 1.13. The van der Waals surface area contributed by atoms with Gasteiger partial charge in [0.1, 0.15) is 0 Å². The summed E-state index contributed by atoms with van der Waals surface area (Å²) in [4.78, 5) is 10.2. The second-order valence-corrected chi connectivity index (χ2v) is 4.79. The fraction of sp³-hybridized carbons (Fsp3) is 0.167. The zero-order chi connectivity index (χ0) is 17.5. The molecule has 0 aliphatic rings. The minimum Gasteiger partial charge on any atom is -0.492 e. The number of nitriles is 1. The molecule has 2 aromatic carbocycles. The molecule has 0 unspecified atom stereocenters. The number of para-hydroxylation sites is 1. The van der Waals surface area contributed by atoms with Crippen molar-refractivity contribution >= 4 is 17.3 Å². The Morgan fingerprint density at radius 1 is 1.29 bits per heavy atom. The van der Waals surface area contributed by atoms with Crippen molar-refractivity contribution in [3.05, 3.63) is 63.7 Å². The summed E-state index contributed by atoms with van der Waals surface area (Å²) in [5.41, 5.74) is 1.63. The first-order valence-corrected chi connectivity index (χ1v) is 7.27. The summed E-state index contributed by atoms with van der Waals surface area (Å²) < 4.78 is 10.9. The molecule has 6 heteroatoms. The number of methoxy groups -OCH3 is 1. The third-order valence-electron chi connectivity index (χ3n) is 3.32. The highest BCUT2D eigenvalue weighted by atomic mass is 16.6. The van der Waals surface area contributed by atoms with Crippen LogP contribution >= 0.6 is 0 Å². The lowest BCUT2D eigenvalue weighted by Crippen LogP contribution is -1.97. The van der Waals surface area contributed by atoms with Crippen LogP contribution in [0.3, 0.4) is 0 Å². The third kappa shape index (κ3) is 3.70. The first-order valence-electron chi connectivity index (χ1n) is 7.27. The van der Waals surface area contributed by atoms with E-state index in [0.29, 0.717) is 34.8 Å². The van der Waals surface area contributed by atoms with Crippen molar-refractivity contribution in [1.82, 2.24) is 0 Å². The minimum absolute atomic E-state index is 0.0213. The molecule has 0 spiro atoms. The molecule has 0 bridgehead atoms. The Balaban J connectivity index is 2.46. The first-order chi connectivity index (χ1) is 11.6. The van der Waals surface area contributed by atoms with E-state index in [4.69, 9.17) is 9.47 Å². The molecule has 0 fully saturated rings. The second-order valence-electron chi connectivity index (χ2n) is 4.79. The summed E-state index contributed by atoms with van der Waals surface area (Å²) in [6.07, 6.45) is 1.67. The molecule has 0 aliphatic heterocycles. The number of nitro groups is 1. The highest BCUT2D eigenvalue weighted by Crippen LogP contribution is 2.33. The van der Waals surface area contributed by atoms with Crippen LogP contribution in [-0.4, -0.2) is 18.6 Å². The average molecular weight is 324 g/mol. The molecular formula is C18H16N2O4. The quantitative estimate of drug-likeness (QED) is 0.346. The van der Waals surface area contributed by atoms with E-state index < -0.39 is 4.92 Å². The molecule has 0 saturated carbocycles. The Morgan fingerprint density at radius 3 is 2.54 bits per heavy atom. The Morgan fingerprint density at radius 2 is 2.00 bits per heavy atom. The third-order valence-corrected chi connectivity index (χ3v) is 3.32. The maximum absolute atomic E-state index is 10.7. The van der Waals surface area contributed by atoms with Gasteiger partial charge in [-0.2, -0.15) is 5.26 Å². The summed E-state index contributed by atoms with van der Waals surface area (Å²) in [6, 6.07) is 13.4. The number of allylic oxidation sites excluding steroid dienone is 1. The molecule has 0 aliphatic carbocycles. The number of rotatable bonds is 6. The Hall–Kier alpha value is -3.33. The first kappa shape index (κ1) is 17.0. The van der Waals surface area contributed by atoms with Crippen molar-refractivity contribution in [3.63, 3.8) is 0 Å². The van der Waals surface area contributed by atoms with Gasteiger partial charge < -0.3 is 9.47 Å². The number of ether oxygens (including phenoxy) is 2. The number of benzene rings is 2. The fourth-order valence-corrected chi connectivity index (χ4v) is 2.23. The van der Waals surface area contributed by atoms with Gasteiger partial charge in [-0.15, -0.1) is 0 Å². The van der Waals surface area contributed by atoms with Crippen LogP contribution in [0.1, 0.15) is 18.1 Å². The Bertz CT molecular complexity index is 805. The maximum Gasteiger partial charge on any atom is 0.269 e. The average Bonchev–Trinajstić information content (AvgIpc) is 2.60. The molecule has 0 saturated heterocycles. The standard InChI is InChI=1S/C18H16N2O4/c1-3-24-17-6-4-5-14(18(17)23-2)11-15(12-19)13-7-9-16(10-8-13)20(21)22/h4-11H,3H2,1-2H3/b15-11+. The van der Waals surface area contributed by atoms with E-state index in [1.54, 1.807) is 24.3 Å². The topological polar surface area (TPSA) is 85.4 Å². The van der Waals surface area contributed by atoms with Crippen molar-refractivity contribution in [2.45, 2.75) is 6.92 Å². The molecule has 122 valence electrons. The SMILES string of the molecule is CCOc1cccc(/C=C(\C#N)c2ccc([N+](=O)[O-])cc2)c1OC.